The molecule has 0 unspecified atom stereocenters. The molecule has 3 heterocycles. The number of amides is 2. The number of carbonyl (C=O) groups is 3. The second kappa shape index (κ2) is 8.77. The Balaban J connectivity index is 1.54. The van der Waals surface area contributed by atoms with Crippen LogP contribution in [0.5, 0.6) is 5.75 Å². The van der Waals surface area contributed by atoms with Crippen LogP contribution in [0.1, 0.15) is 33.6 Å². The minimum absolute atomic E-state index is 0.220. The van der Waals surface area contributed by atoms with Gasteiger partial charge in [0.25, 0.3) is 0 Å². The van der Waals surface area contributed by atoms with Crippen LogP contribution >= 0.6 is 23.1 Å². The molecule has 1 fully saturated rings. The van der Waals surface area contributed by atoms with Gasteiger partial charge in [-0.1, -0.05) is 35.2 Å². The number of H-pyrrole nitrogens is 1. The zero-order valence-electron chi connectivity index (χ0n) is 18.3. The van der Waals surface area contributed by atoms with Crippen LogP contribution in [0, 0.1) is 5.92 Å². The maximum absolute atomic E-state index is 13.7. The molecule has 3 atom stereocenters. The van der Waals surface area contributed by atoms with Crippen molar-refractivity contribution in [2.75, 3.05) is 18.6 Å². The molecule has 0 radical (unpaired) electrons. The molecule has 1 aromatic heterocycles. The van der Waals surface area contributed by atoms with Crippen molar-refractivity contribution in [2.45, 2.75) is 23.1 Å². The van der Waals surface area contributed by atoms with Crippen molar-refractivity contribution in [2.24, 2.45) is 5.92 Å². The number of fused-ring (bicyclic) bond motifs is 2. The Morgan fingerprint density at radius 1 is 1.03 bits per heavy atom. The Bertz CT molecular complexity index is 1330. The Hall–Kier alpha value is -3.37. The van der Waals surface area contributed by atoms with Gasteiger partial charge in [-0.25, -0.2) is 9.69 Å². The number of methoxy groups -OCH3 is 1. The van der Waals surface area contributed by atoms with Gasteiger partial charge in [0.05, 0.1) is 35.9 Å². The second-order valence-electron chi connectivity index (χ2n) is 7.80. The first kappa shape index (κ1) is 22.4. The van der Waals surface area contributed by atoms with Crippen LogP contribution in [0.4, 0.5) is 5.69 Å². The number of ether oxygens (including phenoxy) is 2. The number of nitrogens with zero attached hydrogens (tertiary/aromatic N) is 1. The largest absolute Gasteiger partial charge is 0.497 e. The molecule has 2 amide bonds. The first-order valence-electron chi connectivity index (χ1n) is 10.6. The van der Waals surface area contributed by atoms with E-state index < -0.39 is 23.1 Å². The molecular formula is C24H20N2O6S2. The van der Waals surface area contributed by atoms with Crippen LogP contribution in [-0.2, 0) is 14.3 Å². The Morgan fingerprint density at radius 2 is 1.74 bits per heavy atom. The molecule has 10 heteroatoms. The van der Waals surface area contributed by atoms with Crippen LogP contribution in [0.2, 0.25) is 0 Å². The minimum Gasteiger partial charge on any atom is -0.497 e. The number of carbonyl (C=O) groups excluding carboxylic acids is 3. The highest BCUT2D eigenvalue weighted by Gasteiger charge is 2.56. The predicted molar refractivity (Wildman–Crippen MR) is 128 cm³/mol. The summed E-state index contributed by atoms with van der Waals surface area (Å²) in [7, 11) is 1.57. The quantitative estimate of drug-likeness (QED) is 0.426. The normalized spacial score (nSPS) is 21.2. The van der Waals surface area contributed by atoms with E-state index >= 15 is 0 Å². The molecular weight excluding hydrogens is 476 g/mol. The van der Waals surface area contributed by atoms with Crippen molar-refractivity contribution in [1.82, 2.24) is 4.98 Å². The minimum atomic E-state index is -0.679. The third kappa shape index (κ3) is 3.63. The Morgan fingerprint density at radius 3 is 2.38 bits per heavy atom. The van der Waals surface area contributed by atoms with Gasteiger partial charge < -0.3 is 14.5 Å². The lowest BCUT2D eigenvalue weighted by Crippen LogP contribution is -2.32. The molecule has 5 rings (SSSR count). The number of nitrogens with one attached hydrogen (secondary N) is 1. The van der Waals surface area contributed by atoms with E-state index in [-0.39, 0.29) is 23.3 Å². The molecule has 2 aliphatic heterocycles. The molecule has 174 valence electrons. The number of esters is 1. The average Bonchev–Trinajstić information content (AvgIpc) is 3.34. The Kier molecular flexibility index (Phi) is 5.78. The molecule has 0 spiro atoms. The number of anilines is 1. The number of imide groups is 1. The number of thiazole rings is 1. The van der Waals surface area contributed by atoms with Crippen molar-refractivity contribution < 1.29 is 23.9 Å². The molecule has 1 saturated heterocycles. The summed E-state index contributed by atoms with van der Waals surface area (Å²) in [5.74, 6) is -1.60. The second-order valence-corrected chi connectivity index (χ2v) is 9.97. The van der Waals surface area contributed by atoms with E-state index in [0.29, 0.717) is 22.0 Å². The van der Waals surface area contributed by atoms with Crippen LogP contribution in [0.25, 0.3) is 0 Å². The zero-order valence-corrected chi connectivity index (χ0v) is 19.9. The van der Waals surface area contributed by atoms with Gasteiger partial charge in [-0.3, -0.25) is 14.4 Å². The van der Waals surface area contributed by atoms with E-state index in [4.69, 9.17) is 9.47 Å². The van der Waals surface area contributed by atoms with Crippen molar-refractivity contribution in [1.29, 1.82) is 0 Å². The lowest BCUT2D eigenvalue weighted by Gasteiger charge is -2.29. The fourth-order valence-corrected chi connectivity index (χ4v) is 6.92. The number of hydrogen-bond donors (Lipinski definition) is 1. The van der Waals surface area contributed by atoms with Gasteiger partial charge in [0, 0.05) is 10.8 Å². The van der Waals surface area contributed by atoms with Crippen molar-refractivity contribution in [3.63, 3.8) is 0 Å². The van der Waals surface area contributed by atoms with E-state index in [1.54, 1.807) is 38.3 Å². The highest BCUT2D eigenvalue weighted by Crippen LogP contribution is 2.53. The lowest BCUT2D eigenvalue weighted by molar-refractivity contribution is -0.122. The standard InChI is InChI=1S/C24H20N2O6S2/c1-3-32-23(29)13-4-8-14(9-5-13)26-21(27)17-16(12-6-10-15(31-2)11-7-12)18-20(25-24(30)34-18)33-19(17)22(26)28/h4-11,16-17,19H,3H2,1-2H3,(H,25,30)/t16-,17-,19+/m1/s1. The highest BCUT2D eigenvalue weighted by molar-refractivity contribution is 8.00. The first-order chi connectivity index (χ1) is 16.4. The highest BCUT2D eigenvalue weighted by atomic mass is 32.2. The van der Waals surface area contributed by atoms with E-state index in [0.717, 1.165) is 21.8 Å². The van der Waals surface area contributed by atoms with Crippen molar-refractivity contribution in [3.05, 3.63) is 74.2 Å². The van der Waals surface area contributed by atoms with Crippen LogP contribution in [0.15, 0.2) is 58.4 Å². The summed E-state index contributed by atoms with van der Waals surface area (Å²) in [5, 5.41) is -0.0557. The molecule has 0 aliphatic carbocycles. The molecule has 8 nitrogen and oxygen atoms in total. The van der Waals surface area contributed by atoms with Crippen LogP contribution < -0.4 is 14.5 Å². The van der Waals surface area contributed by atoms with Crippen molar-refractivity contribution >= 4 is 46.6 Å². The maximum atomic E-state index is 13.7. The van der Waals surface area contributed by atoms with Gasteiger partial charge >= 0.3 is 10.8 Å². The average molecular weight is 497 g/mol. The fraction of sp³-hybridized carbons (Fsp3) is 0.250. The van der Waals surface area contributed by atoms with Gasteiger partial charge in [0.1, 0.15) is 11.0 Å². The topological polar surface area (TPSA) is 106 Å². The van der Waals surface area contributed by atoms with E-state index in [1.807, 2.05) is 12.1 Å². The lowest BCUT2D eigenvalue weighted by atomic mass is 9.83. The molecule has 34 heavy (non-hydrogen) atoms. The summed E-state index contributed by atoms with van der Waals surface area (Å²) in [6.45, 7) is 1.97. The van der Waals surface area contributed by atoms with Gasteiger partial charge in [0.15, 0.2) is 0 Å². The molecule has 1 N–H and O–H groups in total. The summed E-state index contributed by atoms with van der Waals surface area (Å²) in [5.41, 5.74) is 1.56. The zero-order chi connectivity index (χ0) is 24.0. The van der Waals surface area contributed by atoms with Crippen molar-refractivity contribution in [3.8, 4) is 5.75 Å². The van der Waals surface area contributed by atoms with Gasteiger partial charge in [-0.2, -0.15) is 0 Å². The molecule has 0 bridgehead atoms. The summed E-state index contributed by atoms with van der Waals surface area (Å²) < 4.78 is 10.3. The number of benzene rings is 2. The van der Waals surface area contributed by atoms with Crippen LogP contribution in [-0.4, -0.2) is 41.7 Å². The first-order valence-corrected chi connectivity index (χ1v) is 12.3. The number of rotatable bonds is 5. The smallest absolute Gasteiger partial charge is 0.338 e. The van der Waals surface area contributed by atoms with Gasteiger partial charge in [-0.15, -0.1) is 0 Å². The molecule has 2 aromatic carbocycles. The van der Waals surface area contributed by atoms with E-state index in [1.165, 1.54) is 28.8 Å². The number of aromatic nitrogens is 1. The maximum Gasteiger partial charge on any atom is 0.338 e. The Labute approximate surface area is 202 Å². The fourth-order valence-electron chi connectivity index (χ4n) is 4.40. The third-order valence-corrected chi connectivity index (χ3v) is 8.34. The summed E-state index contributed by atoms with van der Waals surface area (Å²) in [6, 6.07) is 13.5. The number of hydrogen-bond acceptors (Lipinski definition) is 8. The predicted octanol–water partition coefficient (Wildman–Crippen LogP) is 3.42. The monoisotopic (exact) mass is 496 g/mol. The van der Waals surface area contributed by atoms with E-state index in [9.17, 15) is 19.2 Å². The molecule has 2 aliphatic rings. The van der Waals surface area contributed by atoms with E-state index in [2.05, 4.69) is 4.98 Å². The summed E-state index contributed by atoms with van der Waals surface area (Å²) in [6.07, 6.45) is 0. The summed E-state index contributed by atoms with van der Waals surface area (Å²) >= 11 is 2.29. The molecule has 0 saturated carbocycles. The molecule has 3 aromatic rings. The number of thioether (sulfide) groups is 1. The summed E-state index contributed by atoms with van der Waals surface area (Å²) in [4.78, 5) is 55.8. The van der Waals surface area contributed by atoms with Gasteiger partial charge in [-0.05, 0) is 48.9 Å². The SMILES string of the molecule is CCOC(=O)c1ccc(N2C(=O)[C@@H]3[C@@H](c4ccc(OC)cc4)c4sc(=O)[nH]c4S[C@@H]3C2=O)cc1. The third-order valence-electron chi connectivity index (χ3n) is 5.94. The van der Waals surface area contributed by atoms with Gasteiger partial charge in [0.2, 0.25) is 11.8 Å². The number of aromatic amines is 1. The van der Waals surface area contributed by atoms with Crippen LogP contribution in [0.3, 0.4) is 0 Å².